The van der Waals surface area contributed by atoms with Crippen molar-refractivity contribution in [1.29, 1.82) is 0 Å². The summed E-state index contributed by atoms with van der Waals surface area (Å²) in [5.74, 6) is 0. The number of nitrogens with one attached hydrogen (secondary N) is 2. The number of aromatic nitrogens is 1. The standard InChI is InChI=1S/C23H27N3O2/c1-23(2,3)15-8-10-16(11-9-15)24-22(28)26-13-21-19(12-17(26)14-27)18-6-4-5-7-20(18)25-21/h4-11,17,25,27H,12-14H2,1-3H3,(H,24,28). The number of aliphatic hydroxyl groups is 1. The van der Waals surface area contributed by atoms with Crippen molar-refractivity contribution in [3.63, 3.8) is 0 Å². The van der Waals surface area contributed by atoms with Crippen molar-refractivity contribution in [1.82, 2.24) is 9.88 Å². The van der Waals surface area contributed by atoms with Crippen LogP contribution in [0.25, 0.3) is 10.9 Å². The fraction of sp³-hybridized carbons (Fsp3) is 0.348. The summed E-state index contributed by atoms with van der Waals surface area (Å²) in [5.41, 5.74) is 5.38. The van der Waals surface area contributed by atoms with Crippen molar-refractivity contribution in [3.8, 4) is 0 Å². The molecule has 28 heavy (non-hydrogen) atoms. The van der Waals surface area contributed by atoms with E-state index in [1.165, 1.54) is 16.5 Å². The van der Waals surface area contributed by atoms with E-state index < -0.39 is 0 Å². The Balaban J connectivity index is 1.55. The van der Waals surface area contributed by atoms with Crippen LogP contribution in [0.1, 0.15) is 37.6 Å². The lowest BCUT2D eigenvalue weighted by Crippen LogP contribution is -2.48. The highest BCUT2D eigenvalue weighted by atomic mass is 16.3. The number of para-hydroxylation sites is 1. The first kappa shape index (κ1) is 18.6. The predicted octanol–water partition coefficient (Wildman–Crippen LogP) is 4.42. The quantitative estimate of drug-likeness (QED) is 0.619. The molecule has 2 heterocycles. The van der Waals surface area contributed by atoms with Crippen molar-refractivity contribution in [2.75, 3.05) is 11.9 Å². The molecule has 2 aromatic carbocycles. The summed E-state index contributed by atoms with van der Waals surface area (Å²) in [5, 5.41) is 14.1. The van der Waals surface area contributed by atoms with Crippen LogP contribution >= 0.6 is 0 Å². The maximum absolute atomic E-state index is 12.9. The highest BCUT2D eigenvalue weighted by Gasteiger charge is 2.31. The minimum absolute atomic E-state index is 0.0602. The van der Waals surface area contributed by atoms with Crippen LogP contribution < -0.4 is 5.32 Å². The average molecular weight is 377 g/mol. The molecule has 1 unspecified atom stereocenters. The fourth-order valence-electron chi connectivity index (χ4n) is 3.92. The number of carbonyl (C=O) groups is 1. The van der Waals surface area contributed by atoms with Gasteiger partial charge < -0.3 is 20.3 Å². The smallest absolute Gasteiger partial charge is 0.322 e. The lowest BCUT2D eigenvalue weighted by atomic mass is 9.87. The third kappa shape index (κ3) is 3.38. The van der Waals surface area contributed by atoms with Crippen LogP contribution in [-0.4, -0.2) is 33.7 Å². The summed E-state index contributed by atoms with van der Waals surface area (Å²) >= 11 is 0. The van der Waals surface area contributed by atoms with Crippen LogP contribution in [-0.2, 0) is 18.4 Å². The Bertz CT molecular complexity index is 999. The minimum atomic E-state index is -0.236. The zero-order valence-corrected chi connectivity index (χ0v) is 16.6. The average Bonchev–Trinajstić information content (AvgIpc) is 3.04. The van der Waals surface area contributed by atoms with Gasteiger partial charge in [0, 0.05) is 22.3 Å². The van der Waals surface area contributed by atoms with Crippen LogP contribution in [0.15, 0.2) is 48.5 Å². The van der Waals surface area contributed by atoms with Crippen LogP contribution in [0.5, 0.6) is 0 Å². The van der Waals surface area contributed by atoms with Gasteiger partial charge in [0.1, 0.15) is 0 Å². The third-order valence-corrected chi connectivity index (χ3v) is 5.58. The van der Waals surface area contributed by atoms with Gasteiger partial charge in [0.05, 0.1) is 19.2 Å². The largest absolute Gasteiger partial charge is 0.394 e. The summed E-state index contributed by atoms with van der Waals surface area (Å²) in [7, 11) is 0. The molecule has 1 aromatic heterocycles. The Morgan fingerprint density at radius 1 is 1.18 bits per heavy atom. The van der Waals surface area contributed by atoms with Gasteiger partial charge in [-0.1, -0.05) is 51.1 Å². The first-order chi connectivity index (χ1) is 13.4. The molecule has 0 saturated carbocycles. The van der Waals surface area contributed by atoms with E-state index in [9.17, 15) is 9.90 Å². The maximum atomic E-state index is 12.9. The molecule has 0 bridgehead atoms. The number of benzene rings is 2. The summed E-state index contributed by atoms with van der Waals surface area (Å²) in [6.07, 6.45) is 0.645. The number of urea groups is 1. The van der Waals surface area contributed by atoms with E-state index in [-0.39, 0.29) is 24.1 Å². The van der Waals surface area contributed by atoms with Crippen molar-refractivity contribution in [3.05, 3.63) is 65.4 Å². The molecule has 5 heteroatoms. The molecule has 0 aliphatic carbocycles. The summed E-state index contributed by atoms with van der Waals surface area (Å²) in [6.45, 7) is 6.89. The van der Waals surface area contributed by atoms with E-state index in [1.54, 1.807) is 4.90 Å². The summed E-state index contributed by atoms with van der Waals surface area (Å²) in [6, 6.07) is 15.7. The monoisotopic (exact) mass is 377 g/mol. The van der Waals surface area contributed by atoms with Crippen molar-refractivity contribution in [2.24, 2.45) is 0 Å². The molecule has 1 atom stereocenters. The van der Waals surface area contributed by atoms with Gasteiger partial charge in [0.15, 0.2) is 0 Å². The maximum Gasteiger partial charge on any atom is 0.322 e. The molecule has 1 aliphatic rings. The number of anilines is 1. The molecular formula is C23H27N3O2. The molecule has 1 aliphatic heterocycles. The van der Waals surface area contributed by atoms with Crippen LogP contribution in [0.2, 0.25) is 0 Å². The molecular weight excluding hydrogens is 350 g/mol. The number of carbonyl (C=O) groups excluding carboxylic acids is 1. The van der Waals surface area contributed by atoms with Gasteiger partial charge in [-0.3, -0.25) is 0 Å². The summed E-state index contributed by atoms with van der Waals surface area (Å²) < 4.78 is 0. The van der Waals surface area contributed by atoms with Crippen molar-refractivity contribution in [2.45, 2.75) is 45.2 Å². The second kappa shape index (κ2) is 6.99. The van der Waals surface area contributed by atoms with E-state index in [2.05, 4.69) is 37.1 Å². The normalized spacial score (nSPS) is 16.9. The number of amides is 2. The Morgan fingerprint density at radius 3 is 2.57 bits per heavy atom. The highest BCUT2D eigenvalue weighted by molar-refractivity contribution is 5.91. The molecule has 4 rings (SSSR count). The molecule has 0 radical (unpaired) electrons. The zero-order valence-electron chi connectivity index (χ0n) is 16.6. The second-order valence-corrected chi connectivity index (χ2v) is 8.55. The van der Waals surface area contributed by atoms with E-state index in [1.807, 2.05) is 42.5 Å². The van der Waals surface area contributed by atoms with Gasteiger partial charge in [-0.25, -0.2) is 4.79 Å². The van der Waals surface area contributed by atoms with Gasteiger partial charge in [-0.15, -0.1) is 0 Å². The highest BCUT2D eigenvalue weighted by Crippen LogP contribution is 2.30. The molecule has 0 fully saturated rings. The third-order valence-electron chi connectivity index (χ3n) is 5.58. The lowest BCUT2D eigenvalue weighted by molar-refractivity contribution is 0.129. The molecule has 5 nitrogen and oxygen atoms in total. The lowest BCUT2D eigenvalue weighted by Gasteiger charge is -2.34. The van der Waals surface area contributed by atoms with Gasteiger partial charge in [0.2, 0.25) is 0 Å². The number of H-pyrrole nitrogens is 1. The van der Waals surface area contributed by atoms with Crippen molar-refractivity contribution >= 4 is 22.6 Å². The molecule has 0 spiro atoms. The number of hydrogen-bond acceptors (Lipinski definition) is 2. The fourth-order valence-corrected chi connectivity index (χ4v) is 3.92. The van der Waals surface area contributed by atoms with Crippen LogP contribution in [0.3, 0.4) is 0 Å². The Hall–Kier alpha value is -2.79. The van der Waals surface area contributed by atoms with Gasteiger partial charge >= 0.3 is 6.03 Å². The molecule has 3 N–H and O–H groups in total. The Kier molecular flexibility index (Phi) is 4.63. The first-order valence-electron chi connectivity index (χ1n) is 9.74. The predicted molar refractivity (Wildman–Crippen MR) is 113 cm³/mol. The van der Waals surface area contributed by atoms with Crippen LogP contribution in [0, 0.1) is 0 Å². The number of fused-ring (bicyclic) bond motifs is 3. The molecule has 2 amide bonds. The van der Waals surface area contributed by atoms with Gasteiger partial charge in [0.25, 0.3) is 0 Å². The summed E-state index contributed by atoms with van der Waals surface area (Å²) in [4.78, 5) is 18.1. The van der Waals surface area contributed by atoms with E-state index in [0.29, 0.717) is 13.0 Å². The van der Waals surface area contributed by atoms with E-state index in [4.69, 9.17) is 0 Å². The Morgan fingerprint density at radius 2 is 1.89 bits per heavy atom. The molecule has 3 aromatic rings. The van der Waals surface area contributed by atoms with Gasteiger partial charge in [-0.2, -0.15) is 0 Å². The second-order valence-electron chi connectivity index (χ2n) is 8.55. The van der Waals surface area contributed by atoms with Crippen LogP contribution in [0.4, 0.5) is 10.5 Å². The number of nitrogens with zero attached hydrogens (tertiary/aromatic N) is 1. The van der Waals surface area contributed by atoms with E-state index in [0.717, 1.165) is 16.9 Å². The zero-order chi connectivity index (χ0) is 19.9. The number of rotatable bonds is 2. The number of hydrogen-bond donors (Lipinski definition) is 3. The number of aromatic amines is 1. The van der Waals surface area contributed by atoms with Gasteiger partial charge in [-0.05, 0) is 41.2 Å². The topological polar surface area (TPSA) is 68.4 Å². The van der Waals surface area contributed by atoms with E-state index >= 15 is 0 Å². The first-order valence-corrected chi connectivity index (χ1v) is 9.74. The minimum Gasteiger partial charge on any atom is -0.394 e. The Labute approximate surface area is 165 Å². The molecule has 0 saturated heterocycles. The number of aliphatic hydroxyl groups excluding tert-OH is 1. The van der Waals surface area contributed by atoms with Crippen molar-refractivity contribution < 1.29 is 9.90 Å². The molecule has 146 valence electrons. The SMILES string of the molecule is CC(C)(C)c1ccc(NC(=O)N2Cc3[nH]c4ccccc4c3CC2CO)cc1.